The van der Waals surface area contributed by atoms with Gasteiger partial charge in [-0.1, -0.05) is 25.7 Å². The number of nitrogens with zero attached hydrogens (tertiary/aromatic N) is 2. The van der Waals surface area contributed by atoms with Crippen LogP contribution in [0.1, 0.15) is 71.1 Å². The van der Waals surface area contributed by atoms with Crippen LogP contribution in [0.15, 0.2) is 4.99 Å². The zero-order valence-electron chi connectivity index (χ0n) is 17.7. The van der Waals surface area contributed by atoms with Crippen molar-refractivity contribution in [1.29, 1.82) is 0 Å². The van der Waals surface area contributed by atoms with Crippen LogP contribution in [0, 0.1) is 11.3 Å². The fourth-order valence-corrected chi connectivity index (χ4v) is 6.13. The summed E-state index contributed by atoms with van der Waals surface area (Å²) in [5.74, 6) is 1.56. The first kappa shape index (κ1) is 20.0. The Kier molecular flexibility index (Phi) is 6.14. The molecule has 6 nitrogen and oxygen atoms in total. The van der Waals surface area contributed by atoms with Crippen molar-refractivity contribution in [3.8, 4) is 0 Å². The number of hydrogen-bond acceptors (Lipinski definition) is 3. The number of nitrogens with one attached hydrogen (secondary N) is 2. The van der Waals surface area contributed by atoms with Crippen molar-refractivity contribution in [3.63, 3.8) is 0 Å². The van der Waals surface area contributed by atoms with Crippen molar-refractivity contribution in [3.05, 3.63) is 0 Å². The Morgan fingerprint density at radius 2 is 1.89 bits per heavy atom. The lowest BCUT2D eigenvalue weighted by atomic mass is 9.60. The molecule has 1 spiro atoms. The van der Waals surface area contributed by atoms with Gasteiger partial charge >= 0.3 is 0 Å². The van der Waals surface area contributed by atoms with E-state index in [1.54, 1.807) is 0 Å². The molecule has 2 N–H and O–H groups in total. The monoisotopic (exact) mass is 390 g/mol. The van der Waals surface area contributed by atoms with Crippen LogP contribution in [0.5, 0.6) is 0 Å². The SMILES string of the molecule is CCOC1CC(NC(=NC)NC2CCN(C(=O)C3CCCC3)C2)C12CCCC2. The fourth-order valence-electron chi connectivity index (χ4n) is 6.13. The van der Waals surface area contributed by atoms with Crippen LogP contribution in [-0.4, -0.2) is 61.7 Å². The predicted molar refractivity (Wildman–Crippen MR) is 111 cm³/mol. The Balaban J connectivity index is 1.29. The molecular formula is C22H38N4O2. The fraction of sp³-hybridized carbons (Fsp3) is 0.909. The van der Waals surface area contributed by atoms with Gasteiger partial charge in [0.15, 0.2) is 5.96 Å². The minimum absolute atomic E-state index is 0.281. The highest BCUT2D eigenvalue weighted by molar-refractivity contribution is 5.82. The maximum absolute atomic E-state index is 12.7. The van der Waals surface area contributed by atoms with Crippen LogP contribution in [0.3, 0.4) is 0 Å². The molecule has 0 aromatic heterocycles. The van der Waals surface area contributed by atoms with E-state index in [9.17, 15) is 4.79 Å². The third-order valence-corrected chi connectivity index (χ3v) is 7.77. The van der Waals surface area contributed by atoms with Gasteiger partial charge in [0.05, 0.1) is 6.10 Å². The average Bonchev–Trinajstić information content (AvgIpc) is 3.47. The molecule has 3 aliphatic carbocycles. The van der Waals surface area contributed by atoms with Crippen LogP contribution in [0.25, 0.3) is 0 Å². The lowest BCUT2D eigenvalue weighted by Gasteiger charge is -2.54. The van der Waals surface area contributed by atoms with Gasteiger partial charge in [-0.15, -0.1) is 0 Å². The molecule has 0 aromatic carbocycles. The summed E-state index contributed by atoms with van der Waals surface area (Å²) >= 11 is 0. The van der Waals surface area contributed by atoms with Crippen molar-refractivity contribution < 1.29 is 9.53 Å². The van der Waals surface area contributed by atoms with Crippen molar-refractivity contribution >= 4 is 11.9 Å². The highest BCUT2D eigenvalue weighted by Gasteiger charge is 2.57. The second kappa shape index (κ2) is 8.60. The number of aliphatic imine (C=N–C) groups is 1. The van der Waals surface area contributed by atoms with Crippen LogP contribution in [0.2, 0.25) is 0 Å². The number of carbonyl (C=O) groups is 1. The van der Waals surface area contributed by atoms with Crippen molar-refractivity contribution in [1.82, 2.24) is 15.5 Å². The number of amides is 1. The van der Waals surface area contributed by atoms with Gasteiger partial charge in [-0.2, -0.15) is 0 Å². The molecule has 1 amide bonds. The summed E-state index contributed by atoms with van der Waals surface area (Å²) in [6.07, 6.45) is 12.2. The van der Waals surface area contributed by atoms with E-state index in [2.05, 4.69) is 27.4 Å². The largest absolute Gasteiger partial charge is 0.378 e. The standard InChI is InChI=1S/C22H38N4O2/c1-3-28-19-14-18(22(19)11-6-7-12-22)25-21(23-2)24-17-10-13-26(15-17)20(27)16-8-4-5-9-16/h16-19H,3-15H2,1-2H3,(H2,23,24,25). The van der Waals surface area contributed by atoms with Gasteiger partial charge in [0, 0.05) is 50.2 Å². The maximum Gasteiger partial charge on any atom is 0.225 e. The van der Waals surface area contributed by atoms with E-state index in [0.717, 1.165) is 51.3 Å². The number of hydrogen-bond donors (Lipinski definition) is 2. The topological polar surface area (TPSA) is 66.0 Å². The summed E-state index contributed by atoms with van der Waals surface area (Å²) in [6, 6.07) is 0.759. The maximum atomic E-state index is 12.7. The van der Waals surface area contributed by atoms with E-state index in [0.29, 0.717) is 29.5 Å². The Morgan fingerprint density at radius 3 is 2.57 bits per heavy atom. The molecular weight excluding hydrogens is 352 g/mol. The zero-order chi connectivity index (χ0) is 19.6. The Labute approximate surface area is 169 Å². The van der Waals surface area contributed by atoms with E-state index in [-0.39, 0.29) is 5.92 Å². The van der Waals surface area contributed by atoms with E-state index in [4.69, 9.17) is 4.74 Å². The lowest BCUT2D eigenvalue weighted by Crippen LogP contribution is -2.65. The van der Waals surface area contributed by atoms with Gasteiger partial charge in [0.25, 0.3) is 0 Å². The quantitative estimate of drug-likeness (QED) is 0.560. The van der Waals surface area contributed by atoms with Crippen molar-refractivity contribution in [2.45, 2.75) is 89.3 Å². The van der Waals surface area contributed by atoms with Gasteiger partial charge in [0.1, 0.15) is 0 Å². The summed E-state index contributed by atoms with van der Waals surface area (Å²) in [7, 11) is 1.85. The third-order valence-electron chi connectivity index (χ3n) is 7.77. The van der Waals surface area contributed by atoms with Crippen LogP contribution < -0.4 is 10.6 Å². The molecule has 4 rings (SSSR count). The smallest absolute Gasteiger partial charge is 0.225 e. The molecule has 0 bridgehead atoms. The second-order valence-corrected chi connectivity index (χ2v) is 9.28. The highest BCUT2D eigenvalue weighted by Crippen LogP contribution is 2.54. The van der Waals surface area contributed by atoms with Crippen LogP contribution in [0.4, 0.5) is 0 Å². The molecule has 3 saturated carbocycles. The molecule has 3 atom stereocenters. The first-order valence-corrected chi connectivity index (χ1v) is 11.6. The van der Waals surface area contributed by atoms with Crippen molar-refractivity contribution in [2.24, 2.45) is 16.3 Å². The molecule has 6 heteroatoms. The normalized spacial score (nSPS) is 32.7. The first-order valence-electron chi connectivity index (χ1n) is 11.6. The number of likely N-dealkylation sites (tertiary alicyclic amines) is 1. The molecule has 1 aliphatic heterocycles. The molecule has 4 aliphatic rings. The summed E-state index contributed by atoms with van der Waals surface area (Å²) in [6.45, 7) is 4.60. The Bertz CT molecular complexity index is 581. The van der Waals surface area contributed by atoms with Crippen molar-refractivity contribution in [2.75, 3.05) is 26.7 Å². The zero-order valence-corrected chi connectivity index (χ0v) is 17.7. The highest BCUT2D eigenvalue weighted by atomic mass is 16.5. The third kappa shape index (κ3) is 3.77. The molecule has 28 heavy (non-hydrogen) atoms. The van der Waals surface area contributed by atoms with E-state index < -0.39 is 0 Å². The second-order valence-electron chi connectivity index (χ2n) is 9.28. The molecule has 4 fully saturated rings. The Hall–Kier alpha value is -1.30. The number of rotatable bonds is 5. The molecule has 1 saturated heterocycles. The molecule has 3 unspecified atom stereocenters. The van der Waals surface area contributed by atoms with Gasteiger partial charge in [0.2, 0.25) is 5.91 Å². The summed E-state index contributed by atoms with van der Waals surface area (Å²) < 4.78 is 6.04. The average molecular weight is 391 g/mol. The molecule has 1 heterocycles. The van der Waals surface area contributed by atoms with E-state index in [1.807, 2.05) is 7.05 Å². The summed E-state index contributed by atoms with van der Waals surface area (Å²) in [5.41, 5.74) is 0.299. The summed E-state index contributed by atoms with van der Waals surface area (Å²) in [5, 5.41) is 7.30. The van der Waals surface area contributed by atoms with Crippen LogP contribution in [-0.2, 0) is 9.53 Å². The number of guanidine groups is 1. The van der Waals surface area contributed by atoms with Gasteiger partial charge in [-0.25, -0.2) is 0 Å². The Morgan fingerprint density at radius 1 is 1.14 bits per heavy atom. The molecule has 158 valence electrons. The minimum atomic E-state index is 0.281. The molecule has 0 radical (unpaired) electrons. The number of ether oxygens (including phenoxy) is 1. The van der Waals surface area contributed by atoms with Crippen LogP contribution >= 0.6 is 0 Å². The molecule has 0 aromatic rings. The van der Waals surface area contributed by atoms with Gasteiger partial charge in [-0.3, -0.25) is 9.79 Å². The van der Waals surface area contributed by atoms with E-state index >= 15 is 0 Å². The van der Waals surface area contributed by atoms with E-state index in [1.165, 1.54) is 38.5 Å². The first-order chi connectivity index (χ1) is 13.7. The summed E-state index contributed by atoms with van der Waals surface area (Å²) in [4.78, 5) is 19.3. The number of carbonyl (C=O) groups excluding carboxylic acids is 1. The van der Waals surface area contributed by atoms with Gasteiger partial charge in [-0.05, 0) is 45.4 Å². The minimum Gasteiger partial charge on any atom is -0.378 e. The van der Waals surface area contributed by atoms with Gasteiger partial charge < -0.3 is 20.3 Å². The lowest BCUT2D eigenvalue weighted by molar-refractivity contribution is -0.134. The predicted octanol–water partition coefficient (Wildman–Crippen LogP) is 2.68.